The lowest BCUT2D eigenvalue weighted by Gasteiger charge is -2.27. The molecule has 0 amide bonds. The smallest absolute Gasteiger partial charge is 0.0157 e. The number of benzene rings is 1. The number of hydrogen-bond acceptors (Lipinski definition) is 0. The molecule has 0 nitrogen and oxygen atoms in total. The van der Waals surface area contributed by atoms with Crippen molar-refractivity contribution in [2.75, 3.05) is 0 Å². The Hall–Kier alpha value is -0.780. The van der Waals surface area contributed by atoms with Crippen LogP contribution in [0.15, 0.2) is 30.3 Å². The molecule has 1 rings (SSSR count). The summed E-state index contributed by atoms with van der Waals surface area (Å²) in [6.07, 6.45) is 12.3. The van der Waals surface area contributed by atoms with Crippen LogP contribution in [0.2, 0.25) is 0 Å². The fourth-order valence-electron chi connectivity index (χ4n) is 3.99. The maximum atomic E-state index is 2.37. The Morgan fingerprint density at radius 3 is 1.68 bits per heavy atom. The van der Waals surface area contributed by atoms with Crippen LogP contribution in [-0.4, -0.2) is 0 Å². The summed E-state index contributed by atoms with van der Waals surface area (Å²) in [5.74, 6) is 2.58. The van der Waals surface area contributed by atoms with Gasteiger partial charge in [-0.15, -0.1) is 0 Å². The third-order valence-electron chi connectivity index (χ3n) is 5.17. The van der Waals surface area contributed by atoms with Gasteiger partial charge in [0.25, 0.3) is 0 Å². The highest BCUT2D eigenvalue weighted by atomic mass is 14.3. The molecule has 0 bridgehead atoms. The minimum Gasteiger partial charge on any atom is -0.0654 e. The molecule has 0 fully saturated rings. The third kappa shape index (κ3) is 6.99. The molecule has 0 aliphatic carbocycles. The fraction of sp³-hybridized carbons (Fsp3) is 0.727. The molecule has 126 valence electrons. The van der Waals surface area contributed by atoms with Gasteiger partial charge in [-0.2, -0.15) is 0 Å². The Kier molecular flexibility index (Phi) is 10.3. The van der Waals surface area contributed by atoms with Crippen molar-refractivity contribution in [2.45, 2.75) is 91.4 Å². The second-order valence-electron chi connectivity index (χ2n) is 7.09. The van der Waals surface area contributed by atoms with Gasteiger partial charge in [-0.3, -0.25) is 0 Å². The van der Waals surface area contributed by atoms with Crippen LogP contribution >= 0.6 is 0 Å². The zero-order chi connectivity index (χ0) is 16.2. The number of hydrogen-bond donors (Lipinski definition) is 0. The summed E-state index contributed by atoms with van der Waals surface area (Å²) < 4.78 is 0. The standard InChI is InChI=1S/C22H38/c1-5-12-19(8-4)17-22(21-15-10-9-11-16-21)18-20(13-6-2)14-7-3/h9-11,15-16,19-20,22H,5-8,12-14,17-18H2,1-4H3. The molecule has 1 aromatic rings. The Morgan fingerprint density at radius 2 is 1.18 bits per heavy atom. The van der Waals surface area contributed by atoms with E-state index in [1.165, 1.54) is 57.8 Å². The van der Waals surface area contributed by atoms with Crippen molar-refractivity contribution in [2.24, 2.45) is 11.8 Å². The summed E-state index contributed by atoms with van der Waals surface area (Å²) in [6.45, 7) is 9.38. The molecule has 0 saturated heterocycles. The Bertz CT molecular complexity index is 348. The van der Waals surface area contributed by atoms with Crippen LogP contribution in [-0.2, 0) is 0 Å². The maximum absolute atomic E-state index is 2.37. The van der Waals surface area contributed by atoms with E-state index in [2.05, 4.69) is 58.0 Å². The van der Waals surface area contributed by atoms with Gasteiger partial charge in [0.15, 0.2) is 0 Å². The molecule has 2 atom stereocenters. The van der Waals surface area contributed by atoms with Crippen molar-refractivity contribution < 1.29 is 0 Å². The van der Waals surface area contributed by atoms with Crippen molar-refractivity contribution in [3.05, 3.63) is 35.9 Å². The van der Waals surface area contributed by atoms with Gasteiger partial charge in [0.05, 0.1) is 0 Å². The van der Waals surface area contributed by atoms with Crippen LogP contribution in [0.5, 0.6) is 0 Å². The van der Waals surface area contributed by atoms with Crippen LogP contribution < -0.4 is 0 Å². The van der Waals surface area contributed by atoms with Crippen LogP contribution in [0, 0.1) is 11.8 Å². The van der Waals surface area contributed by atoms with Crippen LogP contribution in [0.1, 0.15) is 97.0 Å². The van der Waals surface area contributed by atoms with Gasteiger partial charge in [-0.25, -0.2) is 0 Å². The van der Waals surface area contributed by atoms with E-state index in [9.17, 15) is 0 Å². The lowest BCUT2D eigenvalue weighted by atomic mass is 9.78. The average molecular weight is 303 g/mol. The molecule has 0 heterocycles. The van der Waals surface area contributed by atoms with Gasteiger partial charge in [0.2, 0.25) is 0 Å². The summed E-state index contributed by atoms with van der Waals surface area (Å²) >= 11 is 0. The highest BCUT2D eigenvalue weighted by molar-refractivity contribution is 5.19. The van der Waals surface area contributed by atoms with E-state index in [1.54, 1.807) is 5.56 Å². The number of rotatable bonds is 12. The van der Waals surface area contributed by atoms with Gasteiger partial charge in [0.1, 0.15) is 0 Å². The molecule has 2 unspecified atom stereocenters. The Morgan fingerprint density at radius 1 is 0.682 bits per heavy atom. The van der Waals surface area contributed by atoms with Crippen molar-refractivity contribution in [3.63, 3.8) is 0 Å². The zero-order valence-electron chi connectivity index (χ0n) is 15.5. The van der Waals surface area contributed by atoms with E-state index >= 15 is 0 Å². The molecule has 0 aromatic heterocycles. The molecule has 1 aromatic carbocycles. The van der Waals surface area contributed by atoms with Crippen LogP contribution in [0.4, 0.5) is 0 Å². The molecular formula is C22H38. The fourth-order valence-corrected chi connectivity index (χ4v) is 3.99. The largest absolute Gasteiger partial charge is 0.0654 e. The molecule has 0 spiro atoms. The molecule has 0 N–H and O–H groups in total. The first-order valence-electron chi connectivity index (χ1n) is 9.79. The minimum absolute atomic E-state index is 0.765. The van der Waals surface area contributed by atoms with E-state index < -0.39 is 0 Å². The van der Waals surface area contributed by atoms with Crippen molar-refractivity contribution in [1.82, 2.24) is 0 Å². The Labute approximate surface area is 139 Å². The molecule has 0 radical (unpaired) electrons. The first kappa shape index (κ1) is 19.3. The quantitative estimate of drug-likeness (QED) is 0.373. The van der Waals surface area contributed by atoms with E-state index in [0.717, 1.165) is 17.8 Å². The summed E-state index contributed by atoms with van der Waals surface area (Å²) in [5.41, 5.74) is 1.58. The normalized spacial score (nSPS) is 14.2. The second kappa shape index (κ2) is 11.7. The SMILES string of the molecule is CCCC(CC)CC(CC(CCC)CCC)c1ccccc1. The van der Waals surface area contributed by atoms with Crippen molar-refractivity contribution >= 4 is 0 Å². The topological polar surface area (TPSA) is 0 Å². The van der Waals surface area contributed by atoms with E-state index in [-0.39, 0.29) is 0 Å². The predicted octanol–water partition coefficient (Wildman–Crippen LogP) is 7.59. The summed E-state index contributed by atoms with van der Waals surface area (Å²) in [6, 6.07) is 11.3. The van der Waals surface area contributed by atoms with E-state index in [0.29, 0.717) is 0 Å². The van der Waals surface area contributed by atoms with E-state index in [4.69, 9.17) is 0 Å². The highest BCUT2D eigenvalue weighted by Gasteiger charge is 2.20. The zero-order valence-corrected chi connectivity index (χ0v) is 15.5. The van der Waals surface area contributed by atoms with Gasteiger partial charge < -0.3 is 0 Å². The first-order chi connectivity index (χ1) is 10.7. The lowest BCUT2D eigenvalue weighted by Crippen LogP contribution is -2.12. The van der Waals surface area contributed by atoms with Crippen LogP contribution in [0.25, 0.3) is 0 Å². The Balaban J connectivity index is 2.81. The van der Waals surface area contributed by atoms with Crippen molar-refractivity contribution in [1.29, 1.82) is 0 Å². The monoisotopic (exact) mass is 302 g/mol. The summed E-state index contributed by atoms with van der Waals surface area (Å²) in [4.78, 5) is 0. The molecule has 0 saturated carbocycles. The third-order valence-corrected chi connectivity index (χ3v) is 5.17. The predicted molar refractivity (Wildman–Crippen MR) is 100 cm³/mol. The highest BCUT2D eigenvalue weighted by Crippen LogP contribution is 2.35. The molecule has 22 heavy (non-hydrogen) atoms. The van der Waals surface area contributed by atoms with Gasteiger partial charge in [-0.05, 0) is 36.2 Å². The van der Waals surface area contributed by atoms with Gasteiger partial charge in [-0.1, -0.05) is 103 Å². The molecule has 0 aliphatic rings. The lowest BCUT2D eigenvalue weighted by molar-refractivity contribution is 0.321. The van der Waals surface area contributed by atoms with E-state index in [1.807, 2.05) is 0 Å². The average Bonchev–Trinajstić information content (AvgIpc) is 2.54. The second-order valence-corrected chi connectivity index (χ2v) is 7.09. The minimum atomic E-state index is 0.765. The summed E-state index contributed by atoms with van der Waals surface area (Å²) in [5, 5.41) is 0. The summed E-state index contributed by atoms with van der Waals surface area (Å²) in [7, 11) is 0. The van der Waals surface area contributed by atoms with Gasteiger partial charge >= 0.3 is 0 Å². The van der Waals surface area contributed by atoms with Gasteiger partial charge in [0, 0.05) is 0 Å². The molecular weight excluding hydrogens is 264 g/mol. The molecule has 0 aliphatic heterocycles. The van der Waals surface area contributed by atoms with Crippen LogP contribution in [0.3, 0.4) is 0 Å². The van der Waals surface area contributed by atoms with Crippen molar-refractivity contribution in [3.8, 4) is 0 Å². The maximum Gasteiger partial charge on any atom is -0.0157 e. The molecule has 0 heteroatoms. The first-order valence-corrected chi connectivity index (χ1v) is 9.79.